The Labute approximate surface area is 132 Å². The van der Waals surface area contributed by atoms with Crippen molar-refractivity contribution >= 4 is 18.4 Å². The van der Waals surface area contributed by atoms with Gasteiger partial charge in [0.25, 0.3) is 0 Å². The van der Waals surface area contributed by atoms with Crippen LogP contribution < -0.4 is 4.74 Å². The van der Waals surface area contributed by atoms with Crippen LogP contribution >= 0.6 is 12.4 Å². The summed E-state index contributed by atoms with van der Waals surface area (Å²) in [6.45, 7) is 6.77. The number of piperidine rings is 1. The zero-order chi connectivity index (χ0) is 14.7. The summed E-state index contributed by atoms with van der Waals surface area (Å²) in [7, 11) is 1.69. The number of benzene rings is 1. The summed E-state index contributed by atoms with van der Waals surface area (Å²) in [5.41, 5.74) is 3.68. The van der Waals surface area contributed by atoms with Crippen LogP contribution in [0.15, 0.2) is 12.1 Å². The highest BCUT2D eigenvalue weighted by Gasteiger charge is 2.24. The van der Waals surface area contributed by atoms with Crippen molar-refractivity contribution in [3.05, 3.63) is 28.8 Å². The smallest absolute Gasteiger partial charge is 0.306 e. The van der Waals surface area contributed by atoms with E-state index in [0.29, 0.717) is 0 Å². The fraction of sp³-hybridized carbons (Fsp3) is 0.562. The van der Waals surface area contributed by atoms with Crippen molar-refractivity contribution in [1.29, 1.82) is 0 Å². The van der Waals surface area contributed by atoms with E-state index in [1.54, 1.807) is 7.11 Å². The zero-order valence-corrected chi connectivity index (χ0v) is 13.7. The fourth-order valence-corrected chi connectivity index (χ4v) is 2.82. The van der Waals surface area contributed by atoms with E-state index in [1.165, 1.54) is 11.1 Å². The molecule has 21 heavy (non-hydrogen) atoms. The van der Waals surface area contributed by atoms with Crippen LogP contribution in [0.3, 0.4) is 0 Å². The summed E-state index contributed by atoms with van der Waals surface area (Å²) >= 11 is 0. The minimum atomic E-state index is -0.652. The standard InChI is InChI=1S/C16H23NO3.ClH/c1-11-9-15(20-3)12(2)8-14(11)10-17-6-4-13(5-7-17)16(18)19;/h8-9,13H,4-7,10H2,1-3H3,(H,18,19);1H. The Morgan fingerprint density at radius 2 is 1.90 bits per heavy atom. The molecule has 1 N–H and O–H groups in total. The van der Waals surface area contributed by atoms with Crippen molar-refractivity contribution in [1.82, 2.24) is 4.90 Å². The Kier molecular flexibility index (Phi) is 6.49. The lowest BCUT2D eigenvalue weighted by atomic mass is 9.96. The van der Waals surface area contributed by atoms with Crippen molar-refractivity contribution < 1.29 is 14.6 Å². The van der Waals surface area contributed by atoms with Gasteiger partial charge in [-0.3, -0.25) is 9.69 Å². The molecule has 1 aliphatic rings. The van der Waals surface area contributed by atoms with Crippen LogP contribution in [0.4, 0.5) is 0 Å². The zero-order valence-electron chi connectivity index (χ0n) is 12.9. The van der Waals surface area contributed by atoms with E-state index in [2.05, 4.69) is 30.9 Å². The van der Waals surface area contributed by atoms with Crippen molar-refractivity contribution in [3.8, 4) is 5.75 Å². The lowest BCUT2D eigenvalue weighted by Crippen LogP contribution is -2.36. The van der Waals surface area contributed by atoms with Gasteiger partial charge in [-0.2, -0.15) is 0 Å². The summed E-state index contributed by atoms with van der Waals surface area (Å²) in [5, 5.41) is 9.02. The molecule has 0 bridgehead atoms. The molecule has 0 saturated carbocycles. The number of aliphatic carboxylic acids is 1. The maximum Gasteiger partial charge on any atom is 0.306 e. The number of methoxy groups -OCH3 is 1. The minimum Gasteiger partial charge on any atom is -0.496 e. The topological polar surface area (TPSA) is 49.8 Å². The largest absolute Gasteiger partial charge is 0.496 e. The second-order valence-electron chi connectivity index (χ2n) is 5.64. The molecule has 1 saturated heterocycles. The van der Waals surface area contributed by atoms with Gasteiger partial charge in [0.1, 0.15) is 5.75 Å². The molecule has 4 nitrogen and oxygen atoms in total. The first-order valence-corrected chi connectivity index (χ1v) is 7.10. The van der Waals surface area contributed by atoms with Crippen LogP contribution in [-0.4, -0.2) is 36.2 Å². The molecule has 0 amide bonds. The predicted octanol–water partition coefficient (Wildman–Crippen LogP) is 3.03. The molecule has 2 rings (SSSR count). The van der Waals surface area contributed by atoms with Crippen molar-refractivity contribution in [2.45, 2.75) is 33.2 Å². The van der Waals surface area contributed by atoms with Crippen LogP contribution in [-0.2, 0) is 11.3 Å². The molecule has 0 aromatic heterocycles. The number of nitrogens with zero attached hydrogens (tertiary/aromatic N) is 1. The molecule has 1 aromatic rings. The average molecular weight is 314 g/mol. The number of carboxylic acid groups (broad SMARTS) is 1. The van der Waals surface area contributed by atoms with E-state index in [0.717, 1.165) is 43.8 Å². The predicted molar refractivity (Wildman–Crippen MR) is 85.4 cm³/mol. The molecule has 0 unspecified atom stereocenters. The third-order valence-electron chi connectivity index (χ3n) is 4.18. The van der Waals surface area contributed by atoms with Crippen LogP contribution in [0.25, 0.3) is 0 Å². The number of carbonyl (C=O) groups is 1. The van der Waals surface area contributed by atoms with Gasteiger partial charge in [-0.1, -0.05) is 6.07 Å². The van der Waals surface area contributed by atoms with E-state index < -0.39 is 5.97 Å². The molecule has 1 heterocycles. The van der Waals surface area contributed by atoms with Gasteiger partial charge >= 0.3 is 5.97 Å². The van der Waals surface area contributed by atoms with Gasteiger partial charge in [-0.25, -0.2) is 0 Å². The first-order valence-electron chi connectivity index (χ1n) is 7.10. The molecule has 0 atom stereocenters. The number of likely N-dealkylation sites (tertiary alicyclic amines) is 1. The molecular formula is C16H24ClNO3. The van der Waals surface area contributed by atoms with Gasteiger partial charge in [0, 0.05) is 6.54 Å². The minimum absolute atomic E-state index is 0. The third kappa shape index (κ3) is 4.35. The van der Waals surface area contributed by atoms with Gasteiger partial charge in [-0.05, 0) is 62.5 Å². The highest BCUT2D eigenvalue weighted by molar-refractivity contribution is 5.85. The van der Waals surface area contributed by atoms with E-state index in [9.17, 15) is 4.79 Å². The molecule has 0 radical (unpaired) electrons. The highest BCUT2D eigenvalue weighted by atomic mass is 35.5. The maximum atomic E-state index is 11.0. The lowest BCUT2D eigenvalue weighted by Gasteiger charge is -2.30. The molecule has 1 fully saturated rings. The number of halogens is 1. The SMILES string of the molecule is COc1cc(C)c(CN2CCC(C(=O)O)CC2)cc1C.Cl. The number of ether oxygens (including phenoxy) is 1. The third-order valence-corrected chi connectivity index (χ3v) is 4.18. The summed E-state index contributed by atoms with van der Waals surface area (Å²) < 4.78 is 5.33. The molecule has 0 aliphatic carbocycles. The molecule has 0 spiro atoms. The van der Waals surface area contributed by atoms with Gasteiger partial charge in [0.05, 0.1) is 13.0 Å². The van der Waals surface area contributed by atoms with E-state index >= 15 is 0 Å². The molecule has 5 heteroatoms. The van der Waals surface area contributed by atoms with Crippen LogP contribution in [0.1, 0.15) is 29.5 Å². The highest BCUT2D eigenvalue weighted by Crippen LogP contribution is 2.25. The van der Waals surface area contributed by atoms with E-state index in [4.69, 9.17) is 9.84 Å². The Hall–Kier alpha value is -1.26. The summed E-state index contributed by atoms with van der Waals surface area (Å²) in [5.74, 6) is 0.113. The van der Waals surface area contributed by atoms with Crippen LogP contribution in [0, 0.1) is 19.8 Å². The molecule has 1 aromatic carbocycles. The first-order chi connectivity index (χ1) is 9.51. The van der Waals surface area contributed by atoms with Crippen LogP contribution in [0.5, 0.6) is 5.75 Å². The number of rotatable bonds is 4. The normalized spacial score (nSPS) is 16.3. The van der Waals surface area contributed by atoms with Crippen molar-refractivity contribution in [3.63, 3.8) is 0 Å². The average Bonchev–Trinajstić information content (AvgIpc) is 2.43. The van der Waals surface area contributed by atoms with Crippen molar-refractivity contribution in [2.24, 2.45) is 5.92 Å². The van der Waals surface area contributed by atoms with E-state index in [-0.39, 0.29) is 18.3 Å². The van der Waals surface area contributed by atoms with Gasteiger partial charge in [-0.15, -0.1) is 12.4 Å². The second-order valence-corrected chi connectivity index (χ2v) is 5.64. The fourth-order valence-electron chi connectivity index (χ4n) is 2.82. The number of aryl methyl sites for hydroxylation is 2. The Morgan fingerprint density at radius 3 is 2.43 bits per heavy atom. The Balaban J connectivity index is 0.00000220. The quantitative estimate of drug-likeness (QED) is 0.928. The van der Waals surface area contributed by atoms with Gasteiger partial charge < -0.3 is 9.84 Å². The van der Waals surface area contributed by atoms with Gasteiger partial charge in [0.15, 0.2) is 0 Å². The number of hydrogen-bond donors (Lipinski definition) is 1. The first kappa shape index (κ1) is 17.8. The summed E-state index contributed by atoms with van der Waals surface area (Å²) in [4.78, 5) is 13.3. The monoisotopic (exact) mass is 313 g/mol. The van der Waals surface area contributed by atoms with Crippen LogP contribution in [0.2, 0.25) is 0 Å². The number of carboxylic acids is 1. The number of hydrogen-bond acceptors (Lipinski definition) is 3. The molecular weight excluding hydrogens is 290 g/mol. The second kappa shape index (κ2) is 7.66. The lowest BCUT2D eigenvalue weighted by molar-refractivity contribution is -0.143. The summed E-state index contributed by atoms with van der Waals surface area (Å²) in [6, 6.07) is 4.26. The molecule has 1 aliphatic heterocycles. The Bertz CT molecular complexity index is 497. The van der Waals surface area contributed by atoms with E-state index in [1.807, 2.05) is 0 Å². The Morgan fingerprint density at radius 1 is 1.29 bits per heavy atom. The maximum absolute atomic E-state index is 11.0. The van der Waals surface area contributed by atoms with Crippen molar-refractivity contribution in [2.75, 3.05) is 20.2 Å². The van der Waals surface area contributed by atoms with Gasteiger partial charge in [0.2, 0.25) is 0 Å². The molecule has 118 valence electrons. The summed E-state index contributed by atoms with van der Waals surface area (Å²) in [6.07, 6.45) is 1.51.